The lowest BCUT2D eigenvalue weighted by Gasteiger charge is -2.40. The van der Waals surface area contributed by atoms with E-state index in [2.05, 4.69) is 5.32 Å². The summed E-state index contributed by atoms with van der Waals surface area (Å²) >= 11 is 5.85. The van der Waals surface area contributed by atoms with Gasteiger partial charge in [-0.05, 0) is 60.0 Å². The van der Waals surface area contributed by atoms with Crippen LogP contribution in [0.2, 0.25) is 5.02 Å². The average molecular weight is 704 g/mol. The lowest BCUT2D eigenvalue weighted by atomic mass is 9.89. The molecule has 12 nitrogen and oxygen atoms in total. The predicted molar refractivity (Wildman–Crippen MR) is 172 cm³/mol. The summed E-state index contributed by atoms with van der Waals surface area (Å²) in [6.07, 6.45) is -3.37. The zero-order valence-electron chi connectivity index (χ0n) is 25.6. The number of fused-ring (bicyclic) bond motifs is 1. The number of hydrazine groups is 1. The van der Waals surface area contributed by atoms with Gasteiger partial charge in [-0.15, -0.1) is 0 Å². The SMILES string of the molecule is N/C(=C\N(N)c1cccc(Cl)c1F)C(=O)N1CCc2c(cccc2N2CCN(CC(F)(F)F)CC2=O)C1C(=O)Nc1ccc(C(=O)O)cc1. The molecule has 3 aromatic carbocycles. The standard InChI is InChI=1S/C32H30ClF4N7O5/c33-22-4-2-6-25(27(22)34)44(39)15-23(38)30(47)43-12-11-20-21(28(43)29(46)40-19-9-7-18(8-10-19)31(48)49)3-1-5-24(20)42-14-13-41(16-26(42)45)17-32(35,36)37/h1-10,15,28H,11-14,16-17,38-39H2,(H,40,46)(H,48,49)/b23-15-. The maximum Gasteiger partial charge on any atom is 0.401 e. The van der Waals surface area contributed by atoms with Crippen molar-refractivity contribution >= 4 is 52.4 Å². The second-order valence-corrected chi connectivity index (χ2v) is 11.7. The largest absolute Gasteiger partial charge is 0.478 e. The van der Waals surface area contributed by atoms with Crippen molar-refractivity contribution in [2.45, 2.75) is 18.6 Å². The van der Waals surface area contributed by atoms with Crippen molar-refractivity contribution in [2.24, 2.45) is 11.6 Å². The highest BCUT2D eigenvalue weighted by Crippen LogP contribution is 2.38. The van der Waals surface area contributed by atoms with E-state index in [0.717, 1.165) is 16.1 Å². The average Bonchev–Trinajstić information content (AvgIpc) is 3.04. The fraction of sp³-hybridized carbons (Fsp3) is 0.250. The van der Waals surface area contributed by atoms with Crippen molar-refractivity contribution in [2.75, 3.05) is 47.9 Å². The molecule has 0 spiro atoms. The van der Waals surface area contributed by atoms with E-state index in [1.807, 2.05) is 0 Å². The number of piperazine rings is 1. The molecule has 2 aliphatic heterocycles. The fourth-order valence-electron chi connectivity index (χ4n) is 5.81. The quantitative estimate of drug-likeness (QED) is 0.119. The molecule has 0 aromatic heterocycles. The summed E-state index contributed by atoms with van der Waals surface area (Å²) < 4.78 is 53.5. The first-order valence-electron chi connectivity index (χ1n) is 14.8. The summed E-state index contributed by atoms with van der Waals surface area (Å²) in [6, 6.07) is 12.8. The van der Waals surface area contributed by atoms with Crippen molar-refractivity contribution < 1.29 is 41.8 Å². The van der Waals surface area contributed by atoms with E-state index in [1.165, 1.54) is 52.3 Å². The first-order valence-corrected chi connectivity index (χ1v) is 15.1. The number of carbonyl (C=O) groups excluding carboxylic acids is 3. The number of nitrogens with two attached hydrogens (primary N) is 2. The number of carbonyl (C=O) groups is 4. The van der Waals surface area contributed by atoms with Gasteiger partial charge < -0.3 is 26.0 Å². The van der Waals surface area contributed by atoms with Crippen LogP contribution in [0.1, 0.15) is 27.5 Å². The highest BCUT2D eigenvalue weighted by Gasteiger charge is 2.40. The predicted octanol–water partition coefficient (Wildman–Crippen LogP) is 3.63. The highest BCUT2D eigenvalue weighted by molar-refractivity contribution is 6.31. The van der Waals surface area contributed by atoms with Crippen molar-refractivity contribution in [1.82, 2.24) is 9.80 Å². The molecular weight excluding hydrogens is 674 g/mol. The number of benzene rings is 3. The zero-order valence-corrected chi connectivity index (χ0v) is 26.3. The molecule has 1 unspecified atom stereocenters. The van der Waals surface area contributed by atoms with Crippen LogP contribution in [0.5, 0.6) is 0 Å². The third kappa shape index (κ3) is 7.77. The van der Waals surface area contributed by atoms with Gasteiger partial charge in [-0.25, -0.2) is 15.0 Å². The second kappa shape index (κ2) is 14.1. The number of anilines is 3. The number of nitrogens with zero attached hydrogens (tertiary/aromatic N) is 4. The zero-order chi connectivity index (χ0) is 35.6. The normalized spacial score (nSPS) is 17.1. The topological polar surface area (TPSA) is 166 Å². The van der Waals surface area contributed by atoms with Gasteiger partial charge in [0.15, 0.2) is 5.82 Å². The molecule has 5 rings (SSSR count). The number of hydrogen-bond donors (Lipinski definition) is 4. The molecule has 49 heavy (non-hydrogen) atoms. The van der Waals surface area contributed by atoms with E-state index in [1.54, 1.807) is 18.2 Å². The van der Waals surface area contributed by atoms with Crippen LogP contribution in [0, 0.1) is 5.82 Å². The van der Waals surface area contributed by atoms with Crippen molar-refractivity contribution in [1.29, 1.82) is 0 Å². The Morgan fingerprint density at radius 3 is 2.39 bits per heavy atom. The minimum Gasteiger partial charge on any atom is -0.478 e. The third-order valence-electron chi connectivity index (χ3n) is 8.03. The van der Waals surface area contributed by atoms with Crippen LogP contribution in [-0.4, -0.2) is 77.5 Å². The van der Waals surface area contributed by atoms with Crippen LogP contribution in [-0.2, 0) is 20.8 Å². The Balaban J connectivity index is 1.48. The monoisotopic (exact) mass is 703 g/mol. The van der Waals surface area contributed by atoms with Crippen LogP contribution in [0.25, 0.3) is 0 Å². The van der Waals surface area contributed by atoms with Gasteiger partial charge in [0.1, 0.15) is 11.7 Å². The number of carboxylic acids is 1. The fourth-order valence-corrected chi connectivity index (χ4v) is 5.98. The lowest BCUT2D eigenvalue weighted by Crippen LogP contribution is -2.53. The molecule has 1 atom stereocenters. The maximum absolute atomic E-state index is 14.6. The molecule has 17 heteroatoms. The lowest BCUT2D eigenvalue weighted by molar-refractivity contribution is -0.150. The van der Waals surface area contributed by atoms with Gasteiger partial charge in [0.05, 0.1) is 35.6 Å². The molecule has 2 aliphatic rings. The Morgan fingerprint density at radius 2 is 1.73 bits per heavy atom. The maximum atomic E-state index is 14.6. The van der Waals surface area contributed by atoms with Crippen LogP contribution in [0.3, 0.4) is 0 Å². The van der Waals surface area contributed by atoms with Gasteiger partial charge in [-0.3, -0.25) is 24.3 Å². The van der Waals surface area contributed by atoms with Crippen molar-refractivity contribution in [3.8, 4) is 0 Å². The molecule has 6 N–H and O–H groups in total. The molecule has 1 fully saturated rings. The first-order chi connectivity index (χ1) is 23.1. The molecule has 258 valence electrons. The number of halogens is 5. The van der Waals surface area contributed by atoms with E-state index in [0.29, 0.717) is 16.8 Å². The number of amides is 3. The van der Waals surface area contributed by atoms with E-state index in [9.17, 15) is 41.8 Å². The number of hydrogen-bond acceptors (Lipinski definition) is 8. The summed E-state index contributed by atoms with van der Waals surface area (Å²) in [5, 5.41) is 12.5. The second-order valence-electron chi connectivity index (χ2n) is 11.3. The number of nitrogens with one attached hydrogen (secondary N) is 1. The minimum atomic E-state index is -4.47. The summed E-state index contributed by atoms with van der Waals surface area (Å²) in [5.74, 6) is 1.83. The Kier molecular flexibility index (Phi) is 10.1. The molecule has 0 radical (unpaired) electrons. The molecule has 2 heterocycles. The van der Waals surface area contributed by atoms with Crippen LogP contribution in [0.4, 0.5) is 34.6 Å². The molecule has 0 aliphatic carbocycles. The third-order valence-corrected chi connectivity index (χ3v) is 8.32. The van der Waals surface area contributed by atoms with Gasteiger partial charge in [0.2, 0.25) is 5.91 Å². The summed E-state index contributed by atoms with van der Waals surface area (Å²) in [5.41, 5.74) is 6.92. The van der Waals surface area contributed by atoms with E-state index in [4.69, 9.17) is 23.2 Å². The smallest absolute Gasteiger partial charge is 0.401 e. The van der Waals surface area contributed by atoms with Gasteiger partial charge in [-0.1, -0.05) is 29.8 Å². The molecule has 3 aromatic rings. The number of alkyl halides is 3. The Morgan fingerprint density at radius 1 is 1.04 bits per heavy atom. The molecule has 1 saturated heterocycles. The summed E-state index contributed by atoms with van der Waals surface area (Å²) in [4.78, 5) is 55.7. The van der Waals surface area contributed by atoms with Crippen molar-refractivity contribution in [3.05, 3.63) is 100 Å². The van der Waals surface area contributed by atoms with Crippen LogP contribution < -0.4 is 26.8 Å². The van der Waals surface area contributed by atoms with Crippen LogP contribution in [0.15, 0.2) is 72.6 Å². The number of carboxylic acid groups (broad SMARTS) is 1. The Labute approximate surface area is 282 Å². The Hall–Kier alpha value is -5.19. The van der Waals surface area contributed by atoms with Crippen molar-refractivity contribution in [3.63, 3.8) is 0 Å². The number of aromatic carboxylic acids is 1. The first kappa shape index (κ1) is 35.1. The van der Waals surface area contributed by atoms with Gasteiger partial charge in [-0.2, -0.15) is 13.2 Å². The van der Waals surface area contributed by atoms with Crippen LogP contribution >= 0.6 is 11.6 Å². The van der Waals surface area contributed by atoms with E-state index in [-0.39, 0.29) is 48.0 Å². The number of rotatable bonds is 8. The summed E-state index contributed by atoms with van der Waals surface area (Å²) in [7, 11) is 0. The van der Waals surface area contributed by atoms with Gasteiger partial charge in [0.25, 0.3) is 11.8 Å². The van der Waals surface area contributed by atoms with E-state index < -0.39 is 60.5 Å². The molecule has 0 bridgehead atoms. The Bertz CT molecular complexity index is 1820. The molecule has 0 saturated carbocycles. The molecular formula is C32H30ClF4N7O5. The minimum absolute atomic E-state index is 0.0251. The summed E-state index contributed by atoms with van der Waals surface area (Å²) in [6.45, 7) is -1.87. The van der Waals surface area contributed by atoms with Gasteiger partial charge >= 0.3 is 12.1 Å². The van der Waals surface area contributed by atoms with Gasteiger partial charge in [0, 0.05) is 31.0 Å². The highest BCUT2D eigenvalue weighted by atomic mass is 35.5. The van der Waals surface area contributed by atoms with E-state index >= 15 is 0 Å². The molecule has 3 amide bonds.